The van der Waals surface area contributed by atoms with Crippen molar-refractivity contribution < 1.29 is 9.53 Å². The average Bonchev–Trinajstić information content (AvgIpc) is 3.56. The normalized spacial score (nSPS) is 18.0. The van der Waals surface area contributed by atoms with Crippen LogP contribution in [0.15, 0.2) is 29.3 Å². The van der Waals surface area contributed by atoms with Crippen molar-refractivity contribution in [2.24, 2.45) is 10.9 Å². The number of morpholine rings is 1. The SMILES string of the molecule is CCNC(=NCc1ccccc1CN1CCOCC1)NCCNC(=O)C1CC1. The highest BCUT2D eigenvalue weighted by atomic mass is 16.5. The minimum absolute atomic E-state index is 0.181. The van der Waals surface area contributed by atoms with Crippen molar-refractivity contribution >= 4 is 11.9 Å². The van der Waals surface area contributed by atoms with Gasteiger partial charge in [0.25, 0.3) is 0 Å². The van der Waals surface area contributed by atoms with Crippen LogP contribution in [0.3, 0.4) is 0 Å². The third kappa shape index (κ3) is 6.80. The lowest BCUT2D eigenvalue weighted by Crippen LogP contribution is -2.41. The Morgan fingerprint density at radius 1 is 1.11 bits per heavy atom. The molecule has 0 bridgehead atoms. The maximum atomic E-state index is 11.7. The molecule has 0 aromatic heterocycles. The Kier molecular flexibility index (Phi) is 8.11. The first-order chi connectivity index (χ1) is 13.8. The van der Waals surface area contributed by atoms with Crippen LogP contribution in [0.4, 0.5) is 0 Å². The second-order valence-corrected chi connectivity index (χ2v) is 7.34. The molecule has 0 spiro atoms. The standard InChI is InChI=1S/C21H33N5O2/c1-2-22-21(24-10-9-23-20(27)17-7-8-17)25-15-18-5-3-4-6-19(18)16-26-11-13-28-14-12-26/h3-6,17H,2,7-16H2,1H3,(H,23,27)(H2,22,24,25). The van der Waals surface area contributed by atoms with Crippen LogP contribution in [-0.4, -0.2) is 62.7 Å². The highest BCUT2D eigenvalue weighted by Crippen LogP contribution is 2.28. The molecule has 2 fully saturated rings. The van der Waals surface area contributed by atoms with E-state index < -0.39 is 0 Å². The van der Waals surface area contributed by atoms with Gasteiger partial charge in [-0.25, -0.2) is 4.99 Å². The average molecular weight is 388 g/mol. The van der Waals surface area contributed by atoms with Crippen LogP contribution in [0.2, 0.25) is 0 Å². The predicted octanol–water partition coefficient (Wildman–Crippen LogP) is 1.10. The molecule has 0 radical (unpaired) electrons. The zero-order valence-electron chi connectivity index (χ0n) is 16.9. The summed E-state index contributed by atoms with van der Waals surface area (Å²) in [4.78, 5) is 18.9. The van der Waals surface area contributed by atoms with E-state index in [0.717, 1.165) is 58.2 Å². The molecule has 2 aliphatic rings. The van der Waals surface area contributed by atoms with Crippen LogP contribution in [0.5, 0.6) is 0 Å². The van der Waals surface area contributed by atoms with Crippen molar-refractivity contribution in [2.45, 2.75) is 32.9 Å². The first-order valence-electron chi connectivity index (χ1n) is 10.4. The molecule has 1 aromatic rings. The van der Waals surface area contributed by atoms with Gasteiger partial charge in [0.05, 0.1) is 19.8 Å². The fourth-order valence-corrected chi connectivity index (χ4v) is 3.23. The summed E-state index contributed by atoms with van der Waals surface area (Å²) in [7, 11) is 0. The number of aliphatic imine (C=N–C) groups is 1. The molecule has 154 valence electrons. The molecule has 1 heterocycles. The third-order valence-electron chi connectivity index (χ3n) is 5.03. The molecule has 28 heavy (non-hydrogen) atoms. The first kappa shape index (κ1) is 20.6. The molecule has 0 unspecified atom stereocenters. The highest BCUT2D eigenvalue weighted by Gasteiger charge is 2.28. The molecule has 1 amide bonds. The molecule has 1 aliphatic heterocycles. The largest absolute Gasteiger partial charge is 0.379 e. The number of amides is 1. The van der Waals surface area contributed by atoms with Crippen molar-refractivity contribution in [1.82, 2.24) is 20.9 Å². The van der Waals surface area contributed by atoms with Gasteiger partial charge in [-0.3, -0.25) is 9.69 Å². The van der Waals surface area contributed by atoms with Crippen molar-refractivity contribution in [2.75, 3.05) is 45.9 Å². The number of carbonyl (C=O) groups is 1. The van der Waals surface area contributed by atoms with Crippen molar-refractivity contribution in [3.05, 3.63) is 35.4 Å². The fraction of sp³-hybridized carbons (Fsp3) is 0.619. The summed E-state index contributed by atoms with van der Waals surface area (Å²) in [5.74, 6) is 1.22. The zero-order valence-corrected chi connectivity index (χ0v) is 16.9. The van der Waals surface area contributed by atoms with Crippen molar-refractivity contribution in [3.8, 4) is 0 Å². The minimum Gasteiger partial charge on any atom is -0.379 e. The number of guanidine groups is 1. The van der Waals surface area contributed by atoms with E-state index in [1.807, 2.05) is 0 Å². The molecule has 1 aromatic carbocycles. The van der Waals surface area contributed by atoms with Gasteiger partial charge < -0.3 is 20.7 Å². The predicted molar refractivity (Wildman–Crippen MR) is 111 cm³/mol. The van der Waals surface area contributed by atoms with Gasteiger partial charge in [0, 0.05) is 45.2 Å². The molecule has 3 rings (SSSR count). The van der Waals surface area contributed by atoms with E-state index in [0.29, 0.717) is 19.6 Å². The molecule has 3 N–H and O–H groups in total. The molecule has 1 saturated carbocycles. The quantitative estimate of drug-likeness (QED) is 0.336. The van der Waals surface area contributed by atoms with E-state index in [2.05, 4.69) is 52.0 Å². The summed E-state index contributed by atoms with van der Waals surface area (Å²) in [6.45, 7) is 9.29. The van der Waals surface area contributed by atoms with E-state index in [1.165, 1.54) is 11.1 Å². The monoisotopic (exact) mass is 387 g/mol. The second kappa shape index (κ2) is 11.0. The molecule has 7 heteroatoms. The van der Waals surface area contributed by atoms with Gasteiger partial charge in [-0.1, -0.05) is 24.3 Å². The molecular formula is C21H33N5O2. The van der Waals surface area contributed by atoms with Crippen molar-refractivity contribution in [1.29, 1.82) is 0 Å². The number of benzene rings is 1. The first-order valence-corrected chi connectivity index (χ1v) is 10.4. The lowest BCUT2D eigenvalue weighted by atomic mass is 10.1. The highest BCUT2D eigenvalue weighted by molar-refractivity contribution is 5.81. The Labute approximate surface area is 167 Å². The van der Waals surface area contributed by atoms with Gasteiger partial charge in [-0.2, -0.15) is 0 Å². The van der Waals surface area contributed by atoms with Gasteiger partial charge in [0.2, 0.25) is 5.91 Å². The summed E-state index contributed by atoms with van der Waals surface area (Å²) in [5, 5.41) is 9.55. The Balaban J connectivity index is 1.50. The van der Waals surface area contributed by atoms with E-state index in [4.69, 9.17) is 9.73 Å². The Bertz CT molecular complexity index is 654. The number of carbonyl (C=O) groups excluding carboxylic acids is 1. The van der Waals surface area contributed by atoms with Gasteiger partial charge >= 0.3 is 0 Å². The lowest BCUT2D eigenvalue weighted by molar-refractivity contribution is -0.122. The third-order valence-corrected chi connectivity index (χ3v) is 5.03. The lowest BCUT2D eigenvalue weighted by Gasteiger charge is -2.27. The molecule has 7 nitrogen and oxygen atoms in total. The van der Waals surface area contributed by atoms with E-state index in [-0.39, 0.29) is 11.8 Å². The molecule has 0 atom stereocenters. The maximum Gasteiger partial charge on any atom is 0.223 e. The van der Waals surface area contributed by atoms with Crippen LogP contribution in [0.25, 0.3) is 0 Å². The van der Waals surface area contributed by atoms with Crippen LogP contribution in [0, 0.1) is 5.92 Å². The number of ether oxygens (including phenoxy) is 1. The van der Waals surface area contributed by atoms with E-state index in [1.54, 1.807) is 0 Å². The summed E-state index contributed by atoms with van der Waals surface area (Å²) >= 11 is 0. The smallest absolute Gasteiger partial charge is 0.223 e. The maximum absolute atomic E-state index is 11.7. The zero-order chi connectivity index (χ0) is 19.6. The number of nitrogens with one attached hydrogen (secondary N) is 3. The Morgan fingerprint density at radius 2 is 1.82 bits per heavy atom. The number of rotatable bonds is 9. The number of hydrogen-bond donors (Lipinski definition) is 3. The minimum atomic E-state index is 0.181. The van der Waals surface area contributed by atoms with Crippen LogP contribution < -0.4 is 16.0 Å². The summed E-state index contributed by atoms with van der Waals surface area (Å²) in [6.07, 6.45) is 2.07. The summed E-state index contributed by atoms with van der Waals surface area (Å²) < 4.78 is 5.45. The van der Waals surface area contributed by atoms with Gasteiger partial charge in [-0.15, -0.1) is 0 Å². The Hall–Kier alpha value is -2.12. The van der Waals surface area contributed by atoms with Crippen LogP contribution in [0.1, 0.15) is 30.9 Å². The number of hydrogen-bond acceptors (Lipinski definition) is 4. The molecule has 1 saturated heterocycles. The molecule has 1 aliphatic carbocycles. The Morgan fingerprint density at radius 3 is 2.54 bits per heavy atom. The van der Waals surface area contributed by atoms with E-state index in [9.17, 15) is 4.79 Å². The van der Waals surface area contributed by atoms with Crippen LogP contribution >= 0.6 is 0 Å². The second-order valence-electron chi connectivity index (χ2n) is 7.34. The van der Waals surface area contributed by atoms with Crippen molar-refractivity contribution in [3.63, 3.8) is 0 Å². The number of nitrogens with zero attached hydrogens (tertiary/aromatic N) is 2. The fourth-order valence-electron chi connectivity index (χ4n) is 3.23. The topological polar surface area (TPSA) is 78.0 Å². The summed E-state index contributed by atoms with van der Waals surface area (Å²) in [6, 6.07) is 8.50. The van der Waals surface area contributed by atoms with Crippen LogP contribution in [-0.2, 0) is 22.6 Å². The van der Waals surface area contributed by atoms with Gasteiger partial charge in [0.15, 0.2) is 5.96 Å². The van der Waals surface area contributed by atoms with Gasteiger partial charge in [-0.05, 0) is 30.9 Å². The van der Waals surface area contributed by atoms with Gasteiger partial charge in [0.1, 0.15) is 0 Å². The van der Waals surface area contributed by atoms with E-state index >= 15 is 0 Å². The summed E-state index contributed by atoms with van der Waals surface area (Å²) in [5.41, 5.74) is 2.56. The molecular weight excluding hydrogens is 354 g/mol.